The number of anilines is 2. The monoisotopic (exact) mass is 458 g/mol. The van der Waals surface area contributed by atoms with E-state index in [1.165, 1.54) is 19.3 Å². The summed E-state index contributed by atoms with van der Waals surface area (Å²) in [5.41, 5.74) is 3.15. The van der Waals surface area contributed by atoms with Gasteiger partial charge < -0.3 is 15.0 Å². The van der Waals surface area contributed by atoms with Crippen LogP contribution in [-0.4, -0.2) is 37.3 Å². The number of hydrogen-bond acceptors (Lipinski definition) is 6. The fourth-order valence-electron chi connectivity index (χ4n) is 3.18. The van der Waals surface area contributed by atoms with Crippen LogP contribution < -0.4 is 14.8 Å². The van der Waals surface area contributed by atoms with Crippen LogP contribution in [0.5, 0.6) is 5.88 Å². The maximum atomic E-state index is 12.0. The van der Waals surface area contributed by atoms with Gasteiger partial charge in [-0.15, -0.1) is 0 Å². The second-order valence-electron chi connectivity index (χ2n) is 7.99. The van der Waals surface area contributed by atoms with E-state index in [0.717, 1.165) is 29.0 Å². The third-order valence-corrected chi connectivity index (χ3v) is 6.57. The number of nitrogens with zero attached hydrogens (tertiary/aromatic N) is 3. The Morgan fingerprint density at radius 1 is 1.22 bits per heavy atom. The number of unbranched alkanes of at least 4 members (excludes halogenated alkanes) is 2. The molecule has 3 N–H and O–H groups in total. The molecule has 0 saturated heterocycles. The van der Waals surface area contributed by atoms with Crippen LogP contribution in [0.1, 0.15) is 58.9 Å². The zero-order chi connectivity index (χ0) is 22.9. The Balaban J connectivity index is 0.000000523. The fourth-order valence-corrected chi connectivity index (χ4v) is 4.21. The van der Waals surface area contributed by atoms with Gasteiger partial charge in [-0.1, -0.05) is 53.4 Å². The molecule has 4 rings (SSSR count). The molecule has 0 amide bonds. The molecule has 0 fully saturated rings. The number of hydrogen-bond donors (Lipinski definition) is 3. The molecule has 2 atom stereocenters. The predicted molar refractivity (Wildman–Crippen MR) is 130 cm³/mol. The highest BCUT2D eigenvalue weighted by Gasteiger charge is 2.17. The highest BCUT2D eigenvalue weighted by atomic mass is 32.2. The molecule has 3 heterocycles. The molecule has 32 heavy (non-hydrogen) atoms. The zero-order valence-electron chi connectivity index (χ0n) is 19.4. The third-order valence-electron chi connectivity index (χ3n) is 5.30. The summed E-state index contributed by atoms with van der Waals surface area (Å²) in [6.07, 6.45) is 7.53. The van der Waals surface area contributed by atoms with Crippen molar-refractivity contribution in [1.29, 1.82) is 0 Å². The van der Waals surface area contributed by atoms with Crippen molar-refractivity contribution in [1.82, 2.24) is 24.7 Å². The van der Waals surface area contributed by atoms with Crippen LogP contribution in [0, 0.1) is 5.92 Å². The Labute approximate surface area is 192 Å². The summed E-state index contributed by atoms with van der Waals surface area (Å²) in [6, 6.07) is 5.74. The summed E-state index contributed by atoms with van der Waals surface area (Å²) in [6.45, 7) is 9.97. The van der Waals surface area contributed by atoms with E-state index >= 15 is 0 Å². The Morgan fingerprint density at radius 2 is 2.03 bits per heavy atom. The van der Waals surface area contributed by atoms with E-state index in [0.29, 0.717) is 42.1 Å². The van der Waals surface area contributed by atoms with Gasteiger partial charge in [0.05, 0.1) is 17.8 Å². The first-order valence-corrected chi connectivity index (χ1v) is 12.6. The Hall–Kier alpha value is -2.52. The first kappa shape index (κ1) is 24.1. The SMILES string of the molecule is CCC(C)COc1nc(Nc2ccc3c(c2)CCNS3=O)nc2nc[nH]c12.CCCCC. The quantitative estimate of drug-likeness (QED) is 0.444. The van der Waals surface area contributed by atoms with E-state index in [9.17, 15) is 4.21 Å². The highest BCUT2D eigenvalue weighted by Crippen LogP contribution is 2.26. The number of ether oxygens (including phenoxy) is 1. The molecule has 1 aliphatic heterocycles. The molecule has 0 aliphatic carbocycles. The van der Waals surface area contributed by atoms with Crippen molar-refractivity contribution >= 4 is 33.8 Å². The maximum absolute atomic E-state index is 12.0. The van der Waals surface area contributed by atoms with Crippen molar-refractivity contribution in [2.24, 2.45) is 5.92 Å². The molecule has 0 bridgehead atoms. The molecule has 8 nitrogen and oxygen atoms in total. The lowest BCUT2D eigenvalue weighted by atomic mass is 10.1. The summed E-state index contributed by atoms with van der Waals surface area (Å²) in [5.74, 6) is 1.34. The van der Waals surface area contributed by atoms with Crippen LogP contribution in [0.25, 0.3) is 11.2 Å². The second kappa shape index (κ2) is 11.9. The minimum Gasteiger partial charge on any atom is -0.476 e. The van der Waals surface area contributed by atoms with E-state index in [4.69, 9.17) is 4.74 Å². The Kier molecular flexibility index (Phi) is 8.99. The lowest BCUT2D eigenvalue weighted by Crippen LogP contribution is -2.26. The normalized spacial score (nSPS) is 16.1. The van der Waals surface area contributed by atoms with Crippen LogP contribution in [0.4, 0.5) is 11.6 Å². The summed E-state index contributed by atoms with van der Waals surface area (Å²) < 4.78 is 20.9. The minimum absolute atomic E-state index is 0.420. The first-order valence-electron chi connectivity index (χ1n) is 11.4. The summed E-state index contributed by atoms with van der Waals surface area (Å²) in [5, 5.41) is 3.22. The molecular weight excluding hydrogens is 424 g/mol. The standard InChI is InChI=1S/C18H22N6O2S.C5H12/c1-3-11(2)9-26-17-15-16(20-10-19-15)23-18(24-17)22-13-4-5-14-12(8-13)6-7-21-27(14)25;1-3-5-4-2/h4-5,8,10-11,21H,3,6-7,9H2,1-2H3,(H2,19,20,22,23,24);3-5H2,1-2H3. The molecule has 174 valence electrons. The number of rotatable bonds is 8. The number of aromatic amines is 1. The molecule has 0 spiro atoms. The van der Waals surface area contributed by atoms with Gasteiger partial charge in [-0.2, -0.15) is 9.97 Å². The summed E-state index contributed by atoms with van der Waals surface area (Å²) in [7, 11) is -1.14. The molecule has 2 aromatic heterocycles. The Morgan fingerprint density at radius 3 is 2.75 bits per heavy atom. The molecule has 0 radical (unpaired) electrons. The summed E-state index contributed by atoms with van der Waals surface area (Å²) >= 11 is 0. The minimum atomic E-state index is -1.14. The number of fused-ring (bicyclic) bond motifs is 2. The van der Waals surface area contributed by atoms with Crippen LogP contribution >= 0.6 is 0 Å². The van der Waals surface area contributed by atoms with Crippen molar-refractivity contribution in [3.05, 3.63) is 30.1 Å². The van der Waals surface area contributed by atoms with Crippen molar-refractivity contribution in [2.75, 3.05) is 18.5 Å². The number of imidazole rings is 1. The van der Waals surface area contributed by atoms with E-state index in [1.54, 1.807) is 6.33 Å². The van der Waals surface area contributed by atoms with Crippen molar-refractivity contribution in [3.8, 4) is 5.88 Å². The van der Waals surface area contributed by atoms with Gasteiger partial charge in [0.25, 0.3) is 0 Å². The van der Waals surface area contributed by atoms with Gasteiger partial charge in [0.15, 0.2) is 5.65 Å². The lowest BCUT2D eigenvalue weighted by molar-refractivity contribution is 0.250. The fraction of sp³-hybridized carbons (Fsp3) is 0.522. The number of H-pyrrole nitrogens is 1. The Bertz CT molecular complexity index is 1040. The molecule has 3 aromatic rings. The molecule has 1 aromatic carbocycles. The van der Waals surface area contributed by atoms with Gasteiger partial charge in [-0.25, -0.2) is 13.9 Å². The summed E-state index contributed by atoms with van der Waals surface area (Å²) in [4.78, 5) is 17.1. The number of benzene rings is 1. The van der Waals surface area contributed by atoms with Crippen molar-refractivity contribution in [2.45, 2.75) is 64.7 Å². The molecule has 1 aliphatic rings. The van der Waals surface area contributed by atoms with Crippen LogP contribution in [0.2, 0.25) is 0 Å². The second-order valence-corrected chi connectivity index (χ2v) is 9.26. The first-order chi connectivity index (χ1) is 15.5. The predicted octanol–water partition coefficient (Wildman–Crippen LogP) is 4.89. The molecule has 9 heteroatoms. The van der Waals surface area contributed by atoms with Gasteiger partial charge in [-0.05, 0) is 36.1 Å². The van der Waals surface area contributed by atoms with E-state index in [2.05, 4.69) is 57.7 Å². The van der Waals surface area contributed by atoms with Crippen molar-refractivity contribution < 1.29 is 8.95 Å². The van der Waals surface area contributed by atoms with E-state index < -0.39 is 11.0 Å². The largest absolute Gasteiger partial charge is 0.476 e. The zero-order valence-corrected chi connectivity index (χ0v) is 20.2. The molecule has 2 unspecified atom stereocenters. The van der Waals surface area contributed by atoms with E-state index in [1.807, 2.05) is 18.2 Å². The molecule has 0 saturated carbocycles. The smallest absolute Gasteiger partial charge is 0.245 e. The van der Waals surface area contributed by atoms with Gasteiger partial charge in [-0.3, -0.25) is 0 Å². The van der Waals surface area contributed by atoms with Gasteiger partial charge in [0.2, 0.25) is 11.8 Å². The van der Waals surface area contributed by atoms with Crippen LogP contribution in [0.3, 0.4) is 0 Å². The van der Waals surface area contributed by atoms with Gasteiger partial charge >= 0.3 is 0 Å². The molecular formula is C23H34N6O2S. The van der Waals surface area contributed by atoms with Gasteiger partial charge in [0.1, 0.15) is 16.5 Å². The van der Waals surface area contributed by atoms with Crippen LogP contribution in [0.15, 0.2) is 29.4 Å². The lowest BCUT2D eigenvalue weighted by Gasteiger charge is -2.17. The topological polar surface area (TPSA) is 105 Å². The number of aromatic nitrogens is 4. The highest BCUT2D eigenvalue weighted by molar-refractivity contribution is 7.83. The van der Waals surface area contributed by atoms with Crippen LogP contribution in [-0.2, 0) is 17.4 Å². The maximum Gasteiger partial charge on any atom is 0.245 e. The number of nitrogens with one attached hydrogen (secondary N) is 3. The average Bonchev–Trinajstić information content (AvgIpc) is 3.27. The average molecular weight is 459 g/mol. The van der Waals surface area contributed by atoms with Crippen molar-refractivity contribution in [3.63, 3.8) is 0 Å². The van der Waals surface area contributed by atoms with E-state index in [-0.39, 0.29) is 0 Å². The third kappa shape index (κ3) is 6.26. The van der Waals surface area contributed by atoms with Gasteiger partial charge in [0, 0.05) is 12.2 Å².